The van der Waals surface area contributed by atoms with Crippen molar-refractivity contribution in [3.05, 3.63) is 23.2 Å². The zero-order valence-electron chi connectivity index (χ0n) is 10.1. The second kappa shape index (κ2) is 4.71. The lowest BCUT2D eigenvalue weighted by molar-refractivity contribution is 0.416. The Bertz CT molecular complexity index is 522. The van der Waals surface area contributed by atoms with Gasteiger partial charge in [-0.15, -0.1) is 10.2 Å². The molecule has 17 heavy (non-hydrogen) atoms. The Balaban J connectivity index is 2.44. The summed E-state index contributed by atoms with van der Waals surface area (Å²) < 4.78 is 5.31. The predicted octanol–water partition coefficient (Wildman–Crippen LogP) is 2.92. The van der Waals surface area contributed by atoms with Gasteiger partial charge >= 0.3 is 0 Å². The molecule has 90 valence electrons. The minimum Gasteiger partial charge on any atom is -0.496 e. The van der Waals surface area contributed by atoms with Crippen LogP contribution in [0, 0.1) is 0 Å². The summed E-state index contributed by atoms with van der Waals surface area (Å²) in [6, 6.07) is 5.55. The van der Waals surface area contributed by atoms with Gasteiger partial charge in [0.25, 0.3) is 0 Å². The first-order valence-electron chi connectivity index (χ1n) is 5.39. The molecule has 0 saturated carbocycles. The van der Waals surface area contributed by atoms with E-state index >= 15 is 0 Å². The van der Waals surface area contributed by atoms with Crippen LogP contribution in [-0.2, 0) is 0 Å². The molecular weight excluding hydrogens is 234 g/mol. The fourth-order valence-electron chi connectivity index (χ4n) is 1.46. The van der Waals surface area contributed by atoms with Crippen LogP contribution in [0.3, 0.4) is 0 Å². The summed E-state index contributed by atoms with van der Waals surface area (Å²) in [5.74, 6) is 1.12. The van der Waals surface area contributed by atoms with Crippen molar-refractivity contribution < 1.29 is 4.74 Å². The van der Waals surface area contributed by atoms with Crippen LogP contribution in [0.5, 0.6) is 5.75 Å². The van der Waals surface area contributed by atoms with Crippen LogP contribution in [0.1, 0.15) is 24.8 Å². The van der Waals surface area contributed by atoms with Gasteiger partial charge in [-0.2, -0.15) is 0 Å². The zero-order chi connectivity index (χ0) is 12.4. The lowest BCUT2D eigenvalue weighted by Crippen LogP contribution is -1.91. The van der Waals surface area contributed by atoms with E-state index in [1.165, 1.54) is 0 Å². The first-order valence-corrected chi connectivity index (χ1v) is 6.20. The molecule has 0 fully saturated rings. The van der Waals surface area contributed by atoms with E-state index in [-0.39, 0.29) is 0 Å². The number of ether oxygens (including phenoxy) is 1. The van der Waals surface area contributed by atoms with Gasteiger partial charge < -0.3 is 10.5 Å². The van der Waals surface area contributed by atoms with Crippen LogP contribution in [0.4, 0.5) is 5.69 Å². The summed E-state index contributed by atoms with van der Waals surface area (Å²) in [5.41, 5.74) is 7.34. The molecule has 0 atom stereocenters. The monoisotopic (exact) mass is 249 g/mol. The molecule has 0 aliphatic rings. The van der Waals surface area contributed by atoms with Gasteiger partial charge in [-0.3, -0.25) is 0 Å². The Kier molecular flexibility index (Phi) is 3.28. The van der Waals surface area contributed by atoms with Gasteiger partial charge in [-0.25, -0.2) is 0 Å². The van der Waals surface area contributed by atoms with Crippen molar-refractivity contribution >= 4 is 17.0 Å². The fraction of sp³-hybridized carbons (Fsp3) is 0.333. The number of anilines is 1. The number of benzene rings is 1. The van der Waals surface area contributed by atoms with Gasteiger partial charge in [0.05, 0.1) is 12.7 Å². The molecule has 0 amide bonds. The van der Waals surface area contributed by atoms with Crippen molar-refractivity contribution in [3.8, 4) is 16.3 Å². The highest BCUT2D eigenvalue weighted by molar-refractivity contribution is 7.14. The first kappa shape index (κ1) is 11.9. The lowest BCUT2D eigenvalue weighted by Gasteiger charge is -2.06. The van der Waals surface area contributed by atoms with Crippen LogP contribution >= 0.6 is 11.3 Å². The van der Waals surface area contributed by atoms with Crippen molar-refractivity contribution in [1.82, 2.24) is 10.2 Å². The second-order valence-corrected chi connectivity index (χ2v) is 5.07. The summed E-state index contributed by atoms with van der Waals surface area (Å²) >= 11 is 1.59. The number of nitrogens with zero attached hydrogens (tertiary/aromatic N) is 2. The zero-order valence-corrected chi connectivity index (χ0v) is 10.9. The molecule has 4 nitrogen and oxygen atoms in total. The molecule has 0 aliphatic carbocycles. The van der Waals surface area contributed by atoms with Gasteiger partial charge in [0.15, 0.2) is 5.01 Å². The molecule has 0 bridgehead atoms. The summed E-state index contributed by atoms with van der Waals surface area (Å²) in [7, 11) is 1.63. The van der Waals surface area contributed by atoms with Crippen LogP contribution in [0.2, 0.25) is 0 Å². The quantitative estimate of drug-likeness (QED) is 0.850. The average molecular weight is 249 g/mol. The van der Waals surface area contributed by atoms with Crippen LogP contribution in [0.15, 0.2) is 18.2 Å². The fourth-order valence-corrected chi connectivity index (χ4v) is 2.34. The summed E-state index contributed by atoms with van der Waals surface area (Å²) in [6.07, 6.45) is 0. The molecule has 1 aromatic heterocycles. The van der Waals surface area contributed by atoms with Gasteiger partial charge in [-0.05, 0) is 12.1 Å². The minimum atomic E-state index is 0.390. The van der Waals surface area contributed by atoms with Gasteiger partial charge in [0.2, 0.25) is 0 Å². The Morgan fingerprint density at radius 3 is 2.65 bits per heavy atom. The number of methoxy groups -OCH3 is 1. The number of nitrogens with two attached hydrogens (primary N) is 1. The molecule has 0 aliphatic heterocycles. The lowest BCUT2D eigenvalue weighted by atomic mass is 10.2. The Morgan fingerprint density at radius 1 is 1.29 bits per heavy atom. The van der Waals surface area contributed by atoms with E-state index in [0.717, 1.165) is 21.3 Å². The largest absolute Gasteiger partial charge is 0.496 e. The highest BCUT2D eigenvalue weighted by Gasteiger charge is 2.13. The van der Waals surface area contributed by atoms with E-state index in [2.05, 4.69) is 24.0 Å². The molecule has 0 unspecified atom stereocenters. The van der Waals surface area contributed by atoms with E-state index in [1.807, 2.05) is 12.1 Å². The molecule has 1 aromatic carbocycles. The molecule has 0 spiro atoms. The predicted molar refractivity (Wildman–Crippen MR) is 70.4 cm³/mol. The summed E-state index contributed by atoms with van der Waals surface area (Å²) in [6.45, 7) is 4.20. The number of rotatable bonds is 3. The van der Waals surface area contributed by atoms with Crippen molar-refractivity contribution in [3.63, 3.8) is 0 Å². The van der Waals surface area contributed by atoms with Gasteiger partial charge in [-0.1, -0.05) is 25.2 Å². The molecule has 0 radical (unpaired) electrons. The Labute approximate surface area is 104 Å². The molecule has 2 aromatic rings. The average Bonchev–Trinajstić information content (AvgIpc) is 2.78. The standard InChI is InChI=1S/C12H15N3OS/c1-7(2)11-14-15-12(17-11)9-5-4-8(13)6-10(9)16-3/h4-7H,13H2,1-3H3. The van der Waals surface area contributed by atoms with Crippen molar-refractivity contribution in [2.24, 2.45) is 0 Å². The Morgan fingerprint density at radius 2 is 2.06 bits per heavy atom. The van der Waals surface area contributed by atoms with Crippen LogP contribution in [-0.4, -0.2) is 17.3 Å². The number of hydrogen-bond donors (Lipinski definition) is 1. The maximum absolute atomic E-state index is 5.72. The summed E-state index contributed by atoms with van der Waals surface area (Å²) in [5, 5.41) is 10.3. The number of hydrogen-bond acceptors (Lipinski definition) is 5. The third kappa shape index (κ3) is 2.39. The second-order valence-electron chi connectivity index (χ2n) is 4.06. The Hall–Kier alpha value is -1.62. The SMILES string of the molecule is COc1cc(N)ccc1-c1nnc(C(C)C)s1. The van der Waals surface area contributed by atoms with E-state index in [1.54, 1.807) is 24.5 Å². The molecular formula is C12H15N3OS. The summed E-state index contributed by atoms with van der Waals surface area (Å²) in [4.78, 5) is 0. The maximum Gasteiger partial charge on any atom is 0.151 e. The molecule has 1 heterocycles. The third-order valence-electron chi connectivity index (χ3n) is 2.39. The number of aromatic nitrogens is 2. The smallest absolute Gasteiger partial charge is 0.151 e. The van der Waals surface area contributed by atoms with E-state index in [4.69, 9.17) is 10.5 Å². The molecule has 5 heteroatoms. The van der Waals surface area contributed by atoms with E-state index in [0.29, 0.717) is 11.6 Å². The molecule has 2 rings (SSSR count). The highest BCUT2D eigenvalue weighted by Crippen LogP contribution is 2.34. The molecule has 2 N–H and O–H groups in total. The topological polar surface area (TPSA) is 61.0 Å². The highest BCUT2D eigenvalue weighted by atomic mass is 32.1. The van der Waals surface area contributed by atoms with Crippen molar-refractivity contribution in [1.29, 1.82) is 0 Å². The number of nitrogen functional groups attached to an aromatic ring is 1. The maximum atomic E-state index is 5.72. The van der Waals surface area contributed by atoms with Crippen LogP contribution in [0.25, 0.3) is 10.6 Å². The van der Waals surface area contributed by atoms with Crippen molar-refractivity contribution in [2.45, 2.75) is 19.8 Å². The third-order valence-corrected chi connectivity index (χ3v) is 3.65. The van der Waals surface area contributed by atoms with Gasteiger partial charge in [0, 0.05) is 17.7 Å². The van der Waals surface area contributed by atoms with Gasteiger partial charge in [0.1, 0.15) is 10.8 Å². The minimum absolute atomic E-state index is 0.390. The van der Waals surface area contributed by atoms with Crippen molar-refractivity contribution in [2.75, 3.05) is 12.8 Å². The molecule has 0 saturated heterocycles. The van der Waals surface area contributed by atoms with E-state index in [9.17, 15) is 0 Å². The van der Waals surface area contributed by atoms with Crippen LogP contribution < -0.4 is 10.5 Å². The van der Waals surface area contributed by atoms with E-state index < -0.39 is 0 Å². The normalized spacial score (nSPS) is 10.8. The first-order chi connectivity index (χ1) is 8.11.